The van der Waals surface area contributed by atoms with Crippen LogP contribution in [0.3, 0.4) is 0 Å². The fourth-order valence-electron chi connectivity index (χ4n) is 3.81. The highest BCUT2D eigenvalue weighted by Crippen LogP contribution is 2.16. The van der Waals surface area contributed by atoms with Gasteiger partial charge in [0.1, 0.15) is 5.82 Å². The zero-order chi connectivity index (χ0) is 21.3. The van der Waals surface area contributed by atoms with Crippen LogP contribution in [0.4, 0.5) is 11.6 Å². The molecule has 4 rings (SSSR count). The Balaban J connectivity index is 1.19. The Morgan fingerprint density at radius 1 is 0.806 bits per heavy atom. The molecule has 0 radical (unpaired) electrons. The van der Waals surface area contributed by atoms with E-state index in [1.54, 1.807) is 0 Å². The normalized spacial score (nSPS) is 13.8. The molecule has 1 amide bonds. The number of hydrogen-bond acceptors (Lipinski definition) is 5. The monoisotopic (exact) mass is 415 g/mol. The summed E-state index contributed by atoms with van der Waals surface area (Å²) >= 11 is 0. The molecule has 2 aromatic carbocycles. The van der Waals surface area contributed by atoms with Crippen LogP contribution in [0.2, 0.25) is 0 Å². The summed E-state index contributed by atoms with van der Waals surface area (Å²) in [6.07, 6.45) is 2.45. The van der Waals surface area contributed by atoms with Crippen molar-refractivity contribution >= 4 is 17.5 Å². The Morgan fingerprint density at radius 2 is 1.48 bits per heavy atom. The number of benzene rings is 2. The van der Waals surface area contributed by atoms with Crippen LogP contribution in [-0.2, 0) is 17.8 Å². The highest BCUT2D eigenvalue weighted by Gasteiger charge is 2.21. The van der Waals surface area contributed by atoms with Gasteiger partial charge in [0.2, 0.25) is 5.91 Å². The van der Waals surface area contributed by atoms with Crippen molar-refractivity contribution < 1.29 is 4.79 Å². The van der Waals surface area contributed by atoms with Crippen LogP contribution in [0.15, 0.2) is 72.8 Å². The molecule has 6 heteroatoms. The minimum absolute atomic E-state index is 0.252. The highest BCUT2D eigenvalue weighted by molar-refractivity contribution is 5.76. The number of hydrogen-bond donors (Lipinski definition) is 1. The van der Waals surface area contributed by atoms with Gasteiger partial charge in [-0.25, -0.2) is 0 Å². The van der Waals surface area contributed by atoms with Crippen molar-refractivity contribution in [3.05, 3.63) is 83.9 Å². The number of amides is 1. The van der Waals surface area contributed by atoms with Crippen molar-refractivity contribution in [1.82, 2.24) is 15.1 Å². The average molecular weight is 416 g/mol. The Labute approximate surface area is 183 Å². The van der Waals surface area contributed by atoms with Crippen LogP contribution >= 0.6 is 0 Å². The highest BCUT2D eigenvalue weighted by atomic mass is 16.2. The van der Waals surface area contributed by atoms with E-state index in [1.807, 2.05) is 53.4 Å². The second-order valence-corrected chi connectivity index (χ2v) is 7.82. The van der Waals surface area contributed by atoms with E-state index in [1.165, 1.54) is 11.1 Å². The number of anilines is 2. The largest absolute Gasteiger partial charge is 0.365 e. The minimum Gasteiger partial charge on any atom is -0.365 e. The Bertz CT molecular complexity index is 939. The van der Waals surface area contributed by atoms with Gasteiger partial charge in [0, 0.05) is 39.1 Å². The van der Waals surface area contributed by atoms with Crippen molar-refractivity contribution in [2.75, 3.05) is 36.4 Å². The van der Waals surface area contributed by atoms with Crippen LogP contribution in [0.5, 0.6) is 0 Å². The SMILES string of the molecule is O=C(CCCc1ccccc1)N1CCN(c2ccc(NCc3ccccc3)nn2)CC1. The Kier molecular flexibility index (Phi) is 7.11. The van der Waals surface area contributed by atoms with Crippen LogP contribution < -0.4 is 10.2 Å². The molecule has 1 saturated heterocycles. The standard InChI is InChI=1S/C25H29N5O/c31-25(13-7-12-21-8-3-1-4-9-21)30-18-16-29(17-19-30)24-15-14-23(27-28-24)26-20-22-10-5-2-6-11-22/h1-6,8-11,14-15H,7,12-13,16-20H2,(H,26,27). The maximum atomic E-state index is 12.5. The van der Waals surface area contributed by atoms with E-state index in [9.17, 15) is 4.79 Å². The summed E-state index contributed by atoms with van der Waals surface area (Å²) in [6.45, 7) is 3.77. The lowest BCUT2D eigenvalue weighted by atomic mass is 10.1. The zero-order valence-corrected chi connectivity index (χ0v) is 17.8. The molecule has 1 aromatic heterocycles. The molecule has 0 bridgehead atoms. The van der Waals surface area contributed by atoms with E-state index in [0.717, 1.165) is 57.2 Å². The van der Waals surface area contributed by atoms with E-state index in [2.05, 4.69) is 44.7 Å². The second kappa shape index (κ2) is 10.6. The quantitative estimate of drug-likeness (QED) is 0.607. The molecule has 0 unspecified atom stereocenters. The molecule has 31 heavy (non-hydrogen) atoms. The van der Waals surface area contributed by atoms with E-state index in [-0.39, 0.29) is 5.91 Å². The molecule has 1 fully saturated rings. The van der Waals surface area contributed by atoms with Gasteiger partial charge in [-0.15, -0.1) is 10.2 Å². The lowest BCUT2D eigenvalue weighted by Gasteiger charge is -2.35. The predicted octanol–water partition coefficient (Wildman–Crippen LogP) is 3.76. The van der Waals surface area contributed by atoms with Crippen molar-refractivity contribution in [2.24, 2.45) is 0 Å². The van der Waals surface area contributed by atoms with Gasteiger partial charge in [-0.2, -0.15) is 0 Å². The second-order valence-electron chi connectivity index (χ2n) is 7.82. The van der Waals surface area contributed by atoms with E-state index >= 15 is 0 Å². The van der Waals surface area contributed by atoms with Gasteiger partial charge in [0.05, 0.1) is 0 Å². The summed E-state index contributed by atoms with van der Waals surface area (Å²) in [7, 11) is 0. The smallest absolute Gasteiger partial charge is 0.222 e. The molecule has 0 atom stereocenters. The maximum absolute atomic E-state index is 12.5. The number of aryl methyl sites for hydroxylation is 1. The van der Waals surface area contributed by atoms with Gasteiger partial charge in [0.15, 0.2) is 5.82 Å². The molecular weight excluding hydrogens is 386 g/mol. The van der Waals surface area contributed by atoms with Crippen LogP contribution in [-0.4, -0.2) is 47.2 Å². The summed E-state index contributed by atoms with van der Waals surface area (Å²) in [4.78, 5) is 16.7. The molecule has 0 saturated carbocycles. The Hall–Kier alpha value is -3.41. The topological polar surface area (TPSA) is 61.4 Å². The minimum atomic E-state index is 0.252. The Morgan fingerprint density at radius 3 is 2.13 bits per heavy atom. The van der Waals surface area contributed by atoms with E-state index in [4.69, 9.17) is 0 Å². The van der Waals surface area contributed by atoms with Gasteiger partial charge in [0.25, 0.3) is 0 Å². The third kappa shape index (κ3) is 6.04. The molecule has 0 spiro atoms. The lowest BCUT2D eigenvalue weighted by Crippen LogP contribution is -2.49. The van der Waals surface area contributed by atoms with Crippen LogP contribution in [0.1, 0.15) is 24.0 Å². The third-order valence-corrected chi connectivity index (χ3v) is 5.62. The summed E-state index contributed by atoms with van der Waals surface area (Å²) in [5.41, 5.74) is 2.50. The summed E-state index contributed by atoms with van der Waals surface area (Å²) in [6, 6.07) is 24.5. The lowest BCUT2D eigenvalue weighted by molar-refractivity contribution is -0.131. The van der Waals surface area contributed by atoms with Gasteiger partial charge in [-0.05, 0) is 36.1 Å². The average Bonchev–Trinajstić information content (AvgIpc) is 2.84. The van der Waals surface area contributed by atoms with Crippen molar-refractivity contribution in [3.8, 4) is 0 Å². The number of rotatable bonds is 8. The number of nitrogens with zero attached hydrogens (tertiary/aromatic N) is 4. The first-order valence-electron chi connectivity index (χ1n) is 11.0. The molecule has 2 heterocycles. The molecule has 6 nitrogen and oxygen atoms in total. The van der Waals surface area contributed by atoms with Crippen molar-refractivity contribution in [1.29, 1.82) is 0 Å². The van der Waals surface area contributed by atoms with Crippen LogP contribution in [0.25, 0.3) is 0 Å². The fraction of sp³-hybridized carbons (Fsp3) is 0.320. The number of carbonyl (C=O) groups is 1. The first kappa shape index (κ1) is 20.8. The predicted molar refractivity (Wildman–Crippen MR) is 124 cm³/mol. The first-order valence-corrected chi connectivity index (χ1v) is 11.0. The third-order valence-electron chi connectivity index (χ3n) is 5.62. The van der Waals surface area contributed by atoms with Crippen LogP contribution in [0, 0.1) is 0 Å². The van der Waals surface area contributed by atoms with Gasteiger partial charge >= 0.3 is 0 Å². The van der Waals surface area contributed by atoms with Gasteiger partial charge in [-0.3, -0.25) is 4.79 Å². The summed E-state index contributed by atoms with van der Waals surface area (Å²) in [5, 5.41) is 12.0. The number of aromatic nitrogens is 2. The molecule has 3 aromatic rings. The number of piperazine rings is 1. The summed E-state index contributed by atoms with van der Waals surface area (Å²) in [5.74, 6) is 1.88. The van der Waals surface area contributed by atoms with E-state index < -0.39 is 0 Å². The fourth-order valence-corrected chi connectivity index (χ4v) is 3.81. The molecule has 1 aliphatic rings. The van der Waals surface area contributed by atoms with Gasteiger partial charge < -0.3 is 15.1 Å². The molecule has 1 aliphatic heterocycles. The molecule has 160 valence electrons. The van der Waals surface area contributed by atoms with Gasteiger partial charge in [-0.1, -0.05) is 60.7 Å². The zero-order valence-electron chi connectivity index (χ0n) is 17.8. The molecule has 1 N–H and O–H groups in total. The number of nitrogens with one attached hydrogen (secondary N) is 1. The van der Waals surface area contributed by atoms with E-state index in [0.29, 0.717) is 6.42 Å². The molecule has 0 aliphatic carbocycles. The maximum Gasteiger partial charge on any atom is 0.222 e. The summed E-state index contributed by atoms with van der Waals surface area (Å²) < 4.78 is 0. The van der Waals surface area contributed by atoms with Crippen molar-refractivity contribution in [3.63, 3.8) is 0 Å². The number of carbonyl (C=O) groups excluding carboxylic acids is 1. The van der Waals surface area contributed by atoms with Crippen molar-refractivity contribution in [2.45, 2.75) is 25.8 Å². The molecular formula is C25H29N5O. The first-order chi connectivity index (χ1) is 15.3.